The molecule has 0 heterocycles. The maximum absolute atomic E-state index is 9.30. The van der Waals surface area contributed by atoms with Gasteiger partial charge in [-0.3, -0.25) is 0 Å². The van der Waals surface area contributed by atoms with Gasteiger partial charge in [0, 0.05) is 0 Å². The van der Waals surface area contributed by atoms with Crippen molar-refractivity contribution in [3.8, 4) is 0 Å². The summed E-state index contributed by atoms with van der Waals surface area (Å²) in [6.45, 7) is 3.72. The van der Waals surface area contributed by atoms with E-state index in [1.807, 2.05) is 6.92 Å². The molecule has 60 valence electrons. The molecular formula is C4H10N2O4. The largest absolute Gasteiger partial charge is 0.379 e. The summed E-state index contributed by atoms with van der Waals surface area (Å²) in [6.07, 6.45) is 0.795. The molecule has 6 heteroatoms. The second-order valence-electron chi connectivity index (χ2n) is 1.48. The minimum Gasteiger partial charge on any atom is -0.379 e. The first-order valence-electron chi connectivity index (χ1n) is 2.68. The third kappa shape index (κ3) is 15.8. The average molecular weight is 150 g/mol. The van der Waals surface area contributed by atoms with E-state index in [0.717, 1.165) is 6.42 Å². The lowest BCUT2D eigenvalue weighted by molar-refractivity contribution is 0.0661. The molecule has 1 atom stereocenters. The Morgan fingerprint density at radius 1 is 1.60 bits per heavy atom. The van der Waals surface area contributed by atoms with Gasteiger partial charge in [-0.15, -0.1) is 9.81 Å². The Bertz CT molecular complexity index is 87.3. The summed E-state index contributed by atoms with van der Waals surface area (Å²) in [5.74, 6) is 0. The zero-order chi connectivity index (χ0) is 8.41. The highest BCUT2D eigenvalue weighted by atomic mass is 16.7. The topological polar surface area (TPSA) is 88.3 Å². The van der Waals surface area contributed by atoms with Crippen LogP contribution in [0.3, 0.4) is 0 Å². The summed E-state index contributed by atoms with van der Waals surface area (Å²) in [5.41, 5.74) is 0. The smallest absolute Gasteiger partial charge is 0.155 e. The molecule has 1 N–H and O–H groups in total. The minimum atomic E-state index is -0.0301. The molecule has 1 unspecified atom stereocenters. The summed E-state index contributed by atoms with van der Waals surface area (Å²) in [6, 6.07) is 0. The zero-order valence-corrected chi connectivity index (χ0v) is 5.85. The molecule has 0 aliphatic rings. The highest BCUT2D eigenvalue weighted by molar-refractivity contribution is 4.39. The van der Waals surface area contributed by atoms with Gasteiger partial charge in [0.05, 0.1) is 0 Å². The monoisotopic (exact) mass is 150 g/mol. The zero-order valence-electron chi connectivity index (χ0n) is 5.85. The minimum absolute atomic E-state index is 0.0301. The normalized spacial score (nSPS) is 10.2. The molecule has 0 aromatic heterocycles. The van der Waals surface area contributed by atoms with Gasteiger partial charge in [0.15, 0.2) is 10.7 Å². The van der Waals surface area contributed by atoms with Crippen molar-refractivity contribution in [3.05, 3.63) is 9.81 Å². The van der Waals surface area contributed by atoms with Gasteiger partial charge < -0.3 is 10.0 Å². The number of hydrogen-bond donors (Lipinski definition) is 1. The third-order valence-corrected chi connectivity index (χ3v) is 0.798. The maximum atomic E-state index is 9.30. The van der Waals surface area contributed by atoms with Crippen molar-refractivity contribution in [2.75, 3.05) is 0 Å². The fraction of sp³-hybridized carbons (Fsp3) is 1.00. The van der Waals surface area contributed by atoms with E-state index in [1.54, 1.807) is 6.92 Å². The van der Waals surface area contributed by atoms with Crippen molar-refractivity contribution in [3.63, 3.8) is 0 Å². The van der Waals surface area contributed by atoms with E-state index in [4.69, 9.17) is 10.1 Å². The van der Waals surface area contributed by atoms with Crippen LogP contribution in [0.4, 0.5) is 0 Å². The van der Waals surface area contributed by atoms with Crippen molar-refractivity contribution in [2.24, 2.45) is 10.7 Å². The van der Waals surface area contributed by atoms with Gasteiger partial charge in [0.25, 0.3) is 0 Å². The van der Waals surface area contributed by atoms with E-state index in [-0.39, 0.29) is 6.10 Å². The molecular weight excluding hydrogens is 140 g/mol. The van der Waals surface area contributed by atoms with E-state index in [2.05, 4.69) is 10.2 Å². The Labute approximate surface area is 58.0 Å². The standard InChI is InChI=1S/C4H9NO2.HNO2/c1-3-4(2)7-5-6;2-1-3/h4H,3H2,1-2H3;(H,2,3). The fourth-order valence-electron chi connectivity index (χ4n) is 0.148. The van der Waals surface area contributed by atoms with Crippen molar-refractivity contribution in [1.29, 1.82) is 0 Å². The summed E-state index contributed by atoms with van der Waals surface area (Å²) < 4.78 is 0. The molecule has 0 saturated carbocycles. The molecule has 0 aromatic carbocycles. The summed E-state index contributed by atoms with van der Waals surface area (Å²) in [4.78, 5) is 21.7. The lowest BCUT2D eigenvalue weighted by atomic mass is 10.3. The summed E-state index contributed by atoms with van der Waals surface area (Å²) in [7, 11) is 0. The van der Waals surface area contributed by atoms with Gasteiger partial charge in [-0.1, -0.05) is 6.92 Å². The molecule has 0 spiro atoms. The first-order chi connectivity index (χ1) is 4.72. The Morgan fingerprint density at radius 2 is 2.00 bits per heavy atom. The van der Waals surface area contributed by atoms with E-state index in [9.17, 15) is 4.91 Å². The number of nitrogens with zero attached hydrogens (tertiary/aromatic N) is 2. The molecule has 6 nitrogen and oxygen atoms in total. The second kappa shape index (κ2) is 10.7. The van der Waals surface area contributed by atoms with Gasteiger partial charge in [-0.25, -0.2) is 0 Å². The van der Waals surface area contributed by atoms with Gasteiger partial charge in [-0.2, -0.15) is 0 Å². The Hall–Kier alpha value is -1.20. The maximum Gasteiger partial charge on any atom is 0.155 e. The van der Waals surface area contributed by atoms with Gasteiger partial charge >= 0.3 is 0 Å². The van der Waals surface area contributed by atoms with Crippen LogP contribution in [0.2, 0.25) is 0 Å². The van der Waals surface area contributed by atoms with Crippen LogP contribution < -0.4 is 0 Å². The van der Waals surface area contributed by atoms with Crippen LogP contribution in [0, 0.1) is 9.81 Å². The number of rotatable bonds is 3. The predicted octanol–water partition coefficient (Wildman–Crippen LogP) is 1.62. The van der Waals surface area contributed by atoms with Crippen molar-refractivity contribution >= 4 is 0 Å². The first-order valence-corrected chi connectivity index (χ1v) is 2.68. The van der Waals surface area contributed by atoms with Crippen LogP contribution in [-0.4, -0.2) is 11.3 Å². The quantitative estimate of drug-likeness (QED) is 0.489. The number of hydrogen-bond acceptors (Lipinski definition) is 5. The van der Waals surface area contributed by atoms with Crippen molar-refractivity contribution < 1.29 is 10.0 Å². The third-order valence-electron chi connectivity index (χ3n) is 0.798. The summed E-state index contributed by atoms with van der Waals surface area (Å²) in [5, 5.41) is 10.1. The Morgan fingerprint density at radius 3 is 2.10 bits per heavy atom. The molecule has 0 fully saturated rings. The van der Waals surface area contributed by atoms with Crippen LogP contribution in [0.25, 0.3) is 0 Å². The first kappa shape index (κ1) is 11.6. The second-order valence-corrected chi connectivity index (χ2v) is 1.48. The molecule has 0 aliphatic heterocycles. The highest BCUT2D eigenvalue weighted by Crippen LogP contribution is 1.93. The van der Waals surface area contributed by atoms with E-state index in [1.165, 1.54) is 5.34 Å². The van der Waals surface area contributed by atoms with Crippen molar-refractivity contribution in [2.45, 2.75) is 26.4 Å². The van der Waals surface area contributed by atoms with Crippen LogP contribution in [-0.2, 0) is 4.84 Å². The average Bonchev–Trinajstić information content (AvgIpc) is 1.90. The van der Waals surface area contributed by atoms with E-state index < -0.39 is 0 Å². The van der Waals surface area contributed by atoms with E-state index >= 15 is 0 Å². The molecule has 10 heavy (non-hydrogen) atoms. The van der Waals surface area contributed by atoms with Crippen LogP contribution >= 0.6 is 0 Å². The van der Waals surface area contributed by atoms with Gasteiger partial charge in [-0.05, 0) is 13.3 Å². The molecule has 0 aromatic rings. The molecule has 0 rings (SSSR count). The molecule has 0 radical (unpaired) electrons. The van der Waals surface area contributed by atoms with Crippen LogP contribution in [0.1, 0.15) is 20.3 Å². The summed E-state index contributed by atoms with van der Waals surface area (Å²) >= 11 is 0. The fourth-order valence-corrected chi connectivity index (χ4v) is 0.148. The van der Waals surface area contributed by atoms with E-state index in [0.29, 0.717) is 0 Å². The lowest BCUT2D eigenvalue weighted by Gasteiger charge is -1.99. The lowest BCUT2D eigenvalue weighted by Crippen LogP contribution is -1.99. The molecule has 0 amide bonds. The molecule has 0 saturated heterocycles. The van der Waals surface area contributed by atoms with Gasteiger partial charge in [0.1, 0.15) is 6.10 Å². The predicted molar refractivity (Wildman–Crippen MR) is 34.2 cm³/mol. The Balaban J connectivity index is 0. The molecule has 0 aliphatic carbocycles. The van der Waals surface area contributed by atoms with Gasteiger partial charge in [0.2, 0.25) is 0 Å². The SMILES string of the molecule is CCC(C)ON=O.O=NO. The molecule has 0 bridgehead atoms. The van der Waals surface area contributed by atoms with Crippen molar-refractivity contribution in [1.82, 2.24) is 0 Å². The highest BCUT2D eigenvalue weighted by Gasteiger charge is 1.94. The van der Waals surface area contributed by atoms with Crippen LogP contribution in [0.15, 0.2) is 10.7 Å². The van der Waals surface area contributed by atoms with Crippen LogP contribution in [0.5, 0.6) is 0 Å². The Kier molecular flexibility index (Phi) is 12.4.